The summed E-state index contributed by atoms with van der Waals surface area (Å²) in [5.41, 5.74) is 2.82. The molecule has 5 nitrogen and oxygen atoms in total. The largest absolute Gasteiger partial charge is 0.548 e. The van der Waals surface area contributed by atoms with Gasteiger partial charge in [0.2, 0.25) is 0 Å². The summed E-state index contributed by atoms with van der Waals surface area (Å²) in [6, 6.07) is 3.99. The minimum atomic E-state index is -1.27. The molecule has 0 aliphatic carbocycles. The van der Waals surface area contributed by atoms with Crippen molar-refractivity contribution in [1.29, 1.82) is 0 Å². The van der Waals surface area contributed by atoms with Gasteiger partial charge >= 0.3 is 6.03 Å². The minimum Gasteiger partial charge on any atom is -0.548 e. The summed E-state index contributed by atoms with van der Waals surface area (Å²) in [5, 5.41) is 16.0. The van der Waals surface area contributed by atoms with Crippen LogP contribution in [0.4, 0.5) is 10.5 Å². The highest BCUT2D eigenvalue weighted by Gasteiger charge is 2.15. The molecule has 1 aromatic rings. The number of nitrogens with one attached hydrogen (secondary N) is 2. The van der Waals surface area contributed by atoms with E-state index in [0.29, 0.717) is 12.1 Å². The fourth-order valence-corrected chi connectivity index (χ4v) is 1.83. The Morgan fingerprint density at radius 1 is 1.20 bits per heavy atom. The maximum Gasteiger partial charge on any atom is 0.319 e. The number of aryl methyl sites for hydroxylation is 2. The number of carbonyl (C=O) groups is 2. The maximum atomic E-state index is 11.8. The van der Waals surface area contributed by atoms with Gasteiger partial charge < -0.3 is 20.5 Å². The van der Waals surface area contributed by atoms with Crippen LogP contribution in [-0.2, 0) is 4.79 Å². The number of aliphatic carboxylic acids is 1. The molecule has 0 unspecified atom stereocenters. The van der Waals surface area contributed by atoms with Crippen molar-refractivity contribution in [2.75, 3.05) is 5.32 Å². The van der Waals surface area contributed by atoms with Crippen LogP contribution >= 0.6 is 0 Å². The molecule has 20 heavy (non-hydrogen) atoms. The molecule has 0 saturated carbocycles. The number of amides is 2. The molecule has 1 aromatic carbocycles. The van der Waals surface area contributed by atoms with E-state index >= 15 is 0 Å². The van der Waals surface area contributed by atoms with Crippen LogP contribution in [0.25, 0.3) is 0 Å². The summed E-state index contributed by atoms with van der Waals surface area (Å²) in [5.74, 6) is -1.12. The van der Waals surface area contributed by atoms with E-state index < -0.39 is 18.0 Å². The van der Waals surface area contributed by atoms with Crippen molar-refractivity contribution in [2.24, 2.45) is 5.92 Å². The third-order valence-electron chi connectivity index (χ3n) is 3.06. The zero-order valence-electron chi connectivity index (χ0n) is 12.3. The van der Waals surface area contributed by atoms with E-state index in [1.165, 1.54) is 0 Å². The van der Waals surface area contributed by atoms with Gasteiger partial charge in [-0.25, -0.2) is 4.79 Å². The smallest absolute Gasteiger partial charge is 0.319 e. The van der Waals surface area contributed by atoms with Crippen molar-refractivity contribution < 1.29 is 14.7 Å². The Morgan fingerprint density at radius 3 is 2.35 bits per heavy atom. The third kappa shape index (κ3) is 4.91. The van der Waals surface area contributed by atoms with E-state index in [4.69, 9.17) is 0 Å². The van der Waals surface area contributed by atoms with E-state index in [0.717, 1.165) is 11.1 Å². The topological polar surface area (TPSA) is 81.3 Å². The first-order chi connectivity index (χ1) is 9.29. The van der Waals surface area contributed by atoms with Crippen molar-refractivity contribution in [3.63, 3.8) is 0 Å². The number of hydrogen-bond donors (Lipinski definition) is 2. The molecule has 0 spiro atoms. The molecule has 0 aliphatic heterocycles. The minimum absolute atomic E-state index is 0.153. The lowest BCUT2D eigenvalue weighted by molar-refractivity contribution is -0.308. The van der Waals surface area contributed by atoms with Crippen molar-refractivity contribution in [3.8, 4) is 0 Å². The molecule has 0 fully saturated rings. The normalized spacial score (nSPS) is 12.1. The lowest BCUT2D eigenvalue weighted by atomic mass is 10.0. The predicted molar refractivity (Wildman–Crippen MR) is 76.3 cm³/mol. The SMILES string of the molecule is Cc1ccc(NC(=O)N[C@@H](CC(C)C)C(=O)[O-])cc1C. The first-order valence-corrected chi connectivity index (χ1v) is 6.65. The van der Waals surface area contributed by atoms with Gasteiger partial charge in [0, 0.05) is 5.69 Å². The number of urea groups is 1. The van der Waals surface area contributed by atoms with Gasteiger partial charge in [0.15, 0.2) is 0 Å². The Balaban J connectivity index is 2.65. The zero-order valence-corrected chi connectivity index (χ0v) is 12.3. The van der Waals surface area contributed by atoms with Crippen LogP contribution in [0.15, 0.2) is 18.2 Å². The molecular formula is C15H21N2O3-. The number of carboxylic acids is 1. The number of benzene rings is 1. The Morgan fingerprint density at radius 2 is 1.85 bits per heavy atom. The molecule has 0 radical (unpaired) electrons. The van der Waals surface area contributed by atoms with E-state index in [1.54, 1.807) is 6.07 Å². The zero-order chi connectivity index (χ0) is 15.3. The summed E-state index contributed by atoms with van der Waals surface area (Å²) in [6.45, 7) is 7.70. The number of carboxylic acid groups (broad SMARTS) is 1. The highest BCUT2D eigenvalue weighted by Crippen LogP contribution is 2.14. The predicted octanol–water partition coefficient (Wildman–Crippen LogP) is 1.59. The number of anilines is 1. The van der Waals surface area contributed by atoms with Crippen LogP contribution in [-0.4, -0.2) is 18.0 Å². The lowest BCUT2D eigenvalue weighted by Crippen LogP contribution is -2.49. The average molecular weight is 277 g/mol. The molecule has 0 saturated heterocycles. The van der Waals surface area contributed by atoms with E-state index in [2.05, 4.69) is 10.6 Å². The van der Waals surface area contributed by atoms with Gasteiger partial charge in [-0.1, -0.05) is 19.9 Å². The molecular weight excluding hydrogens is 256 g/mol. The van der Waals surface area contributed by atoms with E-state index in [1.807, 2.05) is 39.8 Å². The molecule has 5 heteroatoms. The fraction of sp³-hybridized carbons (Fsp3) is 0.467. The highest BCUT2D eigenvalue weighted by molar-refractivity contribution is 5.92. The molecule has 0 heterocycles. The van der Waals surface area contributed by atoms with Crippen LogP contribution in [0, 0.1) is 19.8 Å². The number of hydrogen-bond acceptors (Lipinski definition) is 3. The molecule has 2 amide bonds. The van der Waals surface area contributed by atoms with Gasteiger partial charge in [-0.15, -0.1) is 0 Å². The Bertz CT molecular complexity index is 498. The second-order valence-electron chi connectivity index (χ2n) is 5.40. The van der Waals surface area contributed by atoms with E-state index in [-0.39, 0.29) is 5.92 Å². The Kier molecular flexibility index (Phi) is 5.55. The standard InChI is InChI=1S/C15H22N2O3/c1-9(2)7-13(14(18)19)17-15(20)16-12-6-5-10(3)11(4)8-12/h5-6,8-9,13H,7H2,1-4H3,(H,18,19)(H2,16,17,20)/p-1/t13-/m0/s1. The second-order valence-corrected chi connectivity index (χ2v) is 5.40. The van der Waals surface area contributed by atoms with Crippen molar-refractivity contribution >= 4 is 17.7 Å². The van der Waals surface area contributed by atoms with Crippen molar-refractivity contribution in [3.05, 3.63) is 29.3 Å². The van der Waals surface area contributed by atoms with E-state index in [9.17, 15) is 14.7 Å². The quantitative estimate of drug-likeness (QED) is 0.857. The van der Waals surface area contributed by atoms with Crippen LogP contribution in [0.3, 0.4) is 0 Å². The molecule has 1 atom stereocenters. The summed E-state index contributed by atoms with van der Waals surface area (Å²) < 4.78 is 0. The lowest BCUT2D eigenvalue weighted by Gasteiger charge is -2.21. The first-order valence-electron chi connectivity index (χ1n) is 6.65. The molecule has 0 aromatic heterocycles. The average Bonchev–Trinajstić information content (AvgIpc) is 2.32. The molecule has 110 valence electrons. The van der Waals surface area contributed by atoms with Crippen LogP contribution in [0.2, 0.25) is 0 Å². The first kappa shape index (κ1) is 16.0. The van der Waals surface area contributed by atoms with Crippen LogP contribution in [0.5, 0.6) is 0 Å². The van der Waals surface area contributed by atoms with Crippen molar-refractivity contribution in [1.82, 2.24) is 5.32 Å². The Hall–Kier alpha value is -2.04. The summed E-state index contributed by atoms with van der Waals surface area (Å²) in [4.78, 5) is 22.8. The third-order valence-corrected chi connectivity index (χ3v) is 3.06. The molecule has 1 rings (SSSR count). The van der Waals surface area contributed by atoms with Gasteiger partial charge in [-0.05, 0) is 49.4 Å². The van der Waals surface area contributed by atoms with Gasteiger partial charge in [-0.3, -0.25) is 0 Å². The second kappa shape index (κ2) is 6.93. The monoisotopic (exact) mass is 277 g/mol. The summed E-state index contributed by atoms with van der Waals surface area (Å²) in [6.07, 6.45) is 0.336. The number of rotatable bonds is 5. The molecule has 2 N–H and O–H groups in total. The van der Waals surface area contributed by atoms with Gasteiger partial charge in [0.1, 0.15) is 0 Å². The van der Waals surface area contributed by atoms with Crippen LogP contribution in [0.1, 0.15) is 31.4 Å². The highest BCUT2D eigenvalue weighted by atomic mass is 16.4. The van der Waals surface area contributed by atoms with Gasteiger partial charge in [0.25, 0.3) is 0 Å². The number of carbonyl (C=O) groups excluding carboxylic acids is 2. The van der Waals surface area contributed by atoms with Gasteiger partial charge in [-0.2, -0.15) is 0 Å². The van der Waals surface area contributed by atoms with Gasteiger partial charge in [0.05, 0.1) is 12.0 Å². The molecule has 0 aliphatic rings. The van der Waals surface area contributed by atoms with Crippen molar-refractivity contribution in [2.45, 2.75) is 40.2 Å². The van der Waals surface area contributed by atoms with Crippen LogP contribution < -0.4 is 15.7 Å². The maximum absolute atomic E-state index is 11.8. The Labute approximate surface area is 119 Å². The summed E-state index contributed by atoms with van der Waals surface area (Å²) in [7, 11) is 0. The molecule has 0 bridgehead atoms. The summed E-state index contributed by atoms with van der Waals surface area (Å²) >= 11 is 0. The fourth-order valence-electron chi connectivity index (χ4n) is 1.83.